The third-order valence-corrected chi connectivity index (χ3v) is 2.55. The molecule has 0 radical (unpaired) electrons. The van der Waals surface area contributed by atoms with Crippen molar-refractivity contribution in [3.63, 3.8) is 0 Å². The SMILES string of the molecule is NS(=O)(=O)c1cc(C(F)F)nc(C(F)(F)F)c1. The molecule has 0 aliphatic rings. The van der Waals surface area contributed by atoms with Crippen LogP contribution in [0, 0.1) is 0 Å². The number of pyridine rings is 1. The molecule has 0 fully saturated rings. The quantitative estimate of drug-likeness (QED) is 0.835. The summed E-state index contributed by atoms with van der Waals surface area (Å²) >= 11 is 0. The van der Waals surface area contributed by atoms with Gasteiger partial charge in [0, 0.05) is 0 Å². The van der Waals surface area contributed by atoms with Gasteiger partial charge in [-0.1, -0.05) is 0 Å². The van der Waals surface area contributed by atoms with Gasteiger partial charge in [-0.25, -0.2) is 27.3 Å². The summed E-state index contributed by atoms with van der Waals surface area (Å²) in [4.78, 5) is 1.56. The number of hydrogen-bond donors (Lipinski definition) is 1. The molecule has 4 nitrogen and oxygen atoms in total. The third-order valence-electron chi connectivity index (χ3n) is 1.66. The van der Waals surface area contributed by atoms with Crippen LogP contribution < -0.4 is 5.14 Å². The number of nitrogens with zero attached hydrogens (tertiary/aromatic N) is 1. The van der Waals surface area contributed by atoms with Crippen LogP contribution >= 0.6 is 0 Å². The first-order valence-electron chi connectivity index (χ1n) is 3.92. The average molecular weight is 276 g/mol. The van der Waals surface area contributed by atoms with E-state index in [1.165, 1.54) is 0 Å². The molecule has 0 aliphatic carbocycles. The minimum atomic E-state index is -5.04. The smallest absolute Gasteiger partial charge is 0.242 e. The van der Waals surface area contributed by atoms with E-state index < -0.39 is 38.9 Å². The zero-order valence-corrected chi connectivity index (χ0v) is 8.69. The Morgan fingerprint density at radius 2 is 1.76 bits per heavy atom. The summed E-state index contributed by atoms with van der Waals surface area (Å²) in [6.45, 7) is 0. The maximum Gasteiger partial charge on any atom is 0.433 e. The van der Waals surface area contributed by atoms with E-state index in [4.69, 9.17) is 0 Å². The van der Waals surface area contributed by atoms with Crippen LogP contribution in [0.15, 0.2) is 17.0 Å². The van der Waals surface area contributed by atoms with Gasteiger partial charge in [0.1, 0.15) is 11.4 Å². The van der Waals surface area contributed by atoms with E-state index in [1.54, 1.807) is 0 Å². The summed E-state index contributed by atoms with van der Waals surface area (Å²) in [6, 6.07) is 0.399. The van der Waals surface area contributed by atoms with Crippen LogP contribution in [0.5, 0.6) is 0 Å². The summed E-state index contributed by atoms with van der Waals surface area (Å²) < 4.78 is 82.9. The molecular formula is C7H5F5N2O2S. The molecule has 1 heterocycles. The van der Waals surface area contributed by atoms with Gasteiger partial charge >= 0.3 is 6.18 Å². The molecular weight excluding hydrogens is 271 g/mol. The highest BCUT2D eigenvalue weighted by molar-refractivity contribution is 7.89. The lowest BCUT2D eigenvalue weighted by atomic mass is 10.3. The van der Waals surface area contributed by atoms with Crippen LogP contribution in [-0.2, 0) is 16.2 Å². The fourth-order valence-electron chi connectivity index (χ4n) is 0.947. The topological polar surface area (TPSA) is 73.1 Å². The highest BCUT2D eigenvalue weighted by atomic mass is 32.2. The third kappa shape index (κ3) is 3.33. The Morgan fingerprint density at radius 1 is 1.24 bits per heavy atom. The number of hydrogen-bond acceptors (Lipinski definition) is 3. The first-order valence-corrected chi connectivity index (χ1v) is 5.46. The first-order chi connectivity index (χ1) is 7.51. The molecule has 0 aromatic carbocycles. The van der Waals surface area contributed by atoms with Crippen molar-refractivity contribution < 1.29 is 30.4 Å². The fraction of sp³-hybridized carbons (Fsp3) is 0.286. The van der Waals surface area contributed by atoms with Gasteiger partial charge in [0.25, 0.3) is 6.43 Å². The first kappa shape index (κ1) is 13.8. The molecule has 0 saturated heterocycles. The molecule has 1 aromatic heterocycles. The maximum atomic E-state index is 12.3. The molecule has 0 amide bonds. The van der Waals surface area contributed by atoms with Gasteiger partial charge < -0.3 is 0 Å². The molecule has 0 spiro atoms. The van der Waals surface area contributed by atoms with Crippen molar-refractivity contribution in [2.75, 3.05) is 0 Å². The Kier molecular flexibility index (Phi) is 3.39. The molecule has 10 heteroatoms. The van der Waals surface area contributed by atoms with E-state index in [-0.39, 0.29) is 6.07 Å². The molecule has 0 unspecified atom stereocenters. The predicted molar refractivity (Wildman–Crippen MR) is 45.6 cm³/mol. The summed E-state index contributed by atoms with van der Waals surface area (Å²) in [6.07, 6.45) is -8.37. The highest BCUT2D eigenvalue weighted by Crippen LogP contribution is 2.31. The van der Waals surface area contributed by atoms with Gasteiger partial charge in [-0.15, -0.1) is 0 Å². The average Bonchev–Trinajstić information content (AvgIpc) is 2.14. The number of halogens is 5. The molecule has 96 valence electrons. The minimum Gasteiger partial charge on any atom is -0.242 e. The Labute approximate surface area is 92.3 Å². The van der Waals surface area contributed by atoms with Crippen LogP contribution in [0.4, 0.5) is 22.0 Å². The lowest BCUT2D eigenvalue weighted by molar-refractivity contribution is -0.141. The molecule has 1 rings (SSSR count). The van der Waals surface area contributed by atoms with Crippen LogP contribution in [-0.4, -0.2) is 13.4 Å². The molecule has 0 atom stereocenters. The van der Waals surface area contributed by atoms with Crippen molar-refractivity contribution in [3.8, 4) is 0 Å². The Bertz CT molecular complexity index is 526. The van der Waals surface area contributed by atoms with Crippen molar-refractivity contribution in [3.05, 3.63) is 23.5 Å². The number of rotatable bonds is 2. The number of sulfonamides is 1. The van der Waals surface area contributed by atoms with Gasteiger partial charge in [0.15, 0.2) is 0 Å². The summed E-state index contributed by atoms with van der Waals surface area (Å²) in [5, 5.41) is 4.57. The van der Waals surface area contributed by atoms with Crippen molar-refractivity contribution in [1.29, 1.82) is 0 Å². The summed E-state index contributed by atoms with van der Waals surface area (Å²) in [7, 11) is -4.51. The van der Waals surface area contributed by atoms with E-state index >= 15 is 0 Å². The fourth-order valence-corrected chi connectivity index (χ4v) is 1.51. The van der Waals surface area contributed by atoms with Crippen LogP contribution in [0.2, 0.25) is 0 Å². The van der Waals surface area contributed by atoms with Gasteiger partial charge in [0.2, 0.25) is 10.0 Å². The van der Waals surface area contributed by atoms with Crippen LogP contribution in [0.1, 0.15) is 17.8 Å². The van der Waals surface area contributed by atoms with Gasteiger partial charge in [-0.05, 0) is 12.1 Å². The normalized spacial score (nSPS) is 13.1. The Balaban J connectivity index is 3.51. The zero-order valence-electron chi connectivity index (χ0n) is 7.87. The molecule has 0 bridgehead atoms. The zero-order chi connectivity index (χ0) is 13.4. The van der Waals surface area contributed by atoms with E-state index in [2.05, 4.69) is 10.1 Å². The minimum absolute atomic E-state index is 0.0984. The molecule has 0 aliphatic heterocycles. The predicted octanol–water partition coefficient (Wildman–Crippen LogP) is 1.69. The summed E-state index contributed by atoms with van der Waals surface area (Å²) in [5.41, 5.74) is -3.04. The lowest BCUT2D eigenvalue weighted by Crippen LogP contribution is -2.17. The van der Waals surface area contributed by atoms with Crippen molar-refractivity contribution in [2.45, 2.75) is 17.5 Å². The van der Waals surface area contributed by atoms with Crippen LogP contribution in [0.25, 0.3) is 0 Å². The van der Waals surface area contributed by atoms with Gasteiger partial charge in [-0.3, -0.25) is 0 Å². The van der Waals surface area contributed by atoms with E-state index in [0.29, 0.717) is 6.07 Å². The molecule has 1 aromatic rings. The number of aromatic nitrogens is 1. The van der Waals surface area contributed by atoms with Gasteiger partial charge in [0.05, 0.1) is 4.90 Å². The second kappa shape index (κ2) is 4.18. The van der Waals surface area contributed by atoms with E-state index in [9.17, 15) is 30.4 Å². The van der Waals surface area contributed by atoms with E-state index in [1.807, 2.05) is 0 Å². The Hall–Kier alpha value is -1.29. The molecule has 0 saturated carbocycles. The largest absolute Gasteiger partial charge is 0.433 e. The maximum absolute atomic E-state index is 12.3. The Morgan fingerprint density at radius 3 is 2.12 bits per heavy atom. The van der Waals surface area contributed by atoms with Crippen LogP contribution in [0.3, 0.4) is 0 Å². The van der Waals surface area contributed by atoms with E-state index in [0.717, 1.165) is 0 Å². The number of alkyl halides is 5. The molecule has 17 heavy (non-hydrogen) atoms. The van der Waals surface area contributed by atoms with Crippen molar-refractivity contribution in [1.82, 2.24) is 4.98 Å². The molecule has 2 N–H and O–H groups in total. The standard InChI is InChI=1S/C7H5F5N2O2S/c8-6(9)4-1-3(17(13,15)16)2-5(14-4)7(10,11)12/h1-2,6H,(H2,13,15,16). The second-order valence-corrected chi connectivity index (χ2v) is 4.52. The van der Waals surface area contributed by atoms with Crippen molar-refractivity contribution in [2.24, 2.45) is 5.14 Å². The number of primary sulfonamides is 1. The second-order valence-electron chi connectivity index (χ2n) is 2.96. The highest BCUT2D eigenvalue weighted by Gasteiger charge is 2.35. The lowest BCUT2D eigenvalue weighted by Gasteiger charge is -2.09. The summed E-state index contributed by atoms with van der Waals surface area (Å²) in [5.74, 6) is 0. The van der Waals surface area contributed by atoms with Crippen molar-refractivity contribution >= 4 is 10.0 Å². The number of nitrogens with two attached hydrogens (primary N) is 1. The van der Waals surface area contributed by atoms with Gasteiger partial charge in [-0.2, -0.15) is 13.2 Å². The monoisotopic (exact) mass is 276 g/mol.